The topological polar surface area (TPSA) is 78.7 Å². The van der Waals surface area contributed by atoms with Crippen LogP contribution in [0, 0.1) is 10.1 Å². The Hall–Kier alpha value is -2.93. The van der Waals surface area contributed by atoms with E-state index in [1.807, 2.05) is 24.3 Å². The first kappa shape index (κ1) is 17.9. The molecule has 1 N–H and O–H groups in total. The van der Waals surface area contributed by atoms with Crippen LogP contribution >= 0.6 is 0 Å². The van der Waals surface area contributed by atoms with E-state index in [1.54, 1.807) is 12.1 Å². The van der Waals surface area contributed by atoms with Crippen LogP contribution < -0.4 is 10.2 Å². The molecule has 0 unspecified atom stereocenters. The minimum Gasteiger partial charge on any atom is -0.367 e. The summed E-state index contributed by atoms with van der Waals surface area (Å²) in [5, 5.41) is 14.0. The molecule has 1 aliphatic rings. The first-order chi connectivity index (χ1) is 12.6. The highest BCUT2D eigenvalue weighted by Gasteiger charge is 2.22. The molecule has 0 atom stereocenters. The van der Waals surface area contributed by atoms with Crippen molar-refractivity contribution in [2.75, 3.05) is 42.9 Å². The molecule has 26 heavy (non-hydrogen) atoms. The molecule has 1 fully saturated rings. The number of nitrogens with zero attached hydrogens (tertiary/aromatic N) is 3. The number of anilines is 2. The van der Waals surface area contributed by atoms with E-state index in [2.05, 4.69) is 22.0 Å². The lowest BCUT2D eigenvalue weighted by Gasteiger charge is -2.36. The number of piperazine rings is 1. The molecule has 0 aliphatic carbocycles. The monoisotopic (exact) mass is 354 g/mol. The van der Waals surface area contributed by atoms with Crippen molar-refractivity contribution in [2.45, 2.75) is 6.92 Å². The molecule has 0 bridgehead atoms. The Kier molecular flexibility index (Phi) is 5.48. The Morgan fingerprint density at radius 1 is 1.08 bits per heavy atom. The number of likely N-dealkylation sites (N-methyl/N-ethyl adjacent to an activating group) is 1. The van der Waals surface area contributed by atoms with E-state index in [0.29, 0.717) is 5.69 Å². The smallest absolute Gasteiger partial charge is 0.282 e. The summed E-state index contributed by atoms with van der Waals surface area (Å²) < 4.78 is 0. The van der Waals surface area contributed by atoms with Crippen molar-refractivity contribution in [1.29, 1.82) is 0 Å². The lowest BCUT2D eigenvalue weighted by Crippen LogP contribution is -2.46. The van der Waals surface area contributed by atoms with Gasteiger partial charge in [0.05, 0.1) is 16.3 Å². The number of nitrogens with one attached hydrogen (secondary N) is 1. The zero-order valence-corrected chi connectivity index (χ0v) is 14.7. The van der Waals surface area contributed by atoms with Crippen LogP contribution in [0.15, 0.2) is 48.5 Å². The summed E-state index contributed by atoms with van der Waals surface area (Å²) in [5.74, 6) is -0.475. The molecule has 7 heteroatoms. The number of nitro groups is 1. The second-order valence-corrected chi connectivity index (χ2v) is 6.17. The summed E-state index contributed by atoms with van der Waals surface area (Å²) in [7, 11) is 0. The van der Waals surface area contributed by atoms with Crippen LogP contribution in [-0.2, 0) is 0 Å². The minimum absolute atomic E-state index is 0.0584. The molecule has 136 valence electrons. The normalized spacial score (nSPS) is 14.9. The SMILES string of the molecule is CCN1CCN(c2ccccc2NC(=O)c2ccccc2[N+](=O)[O-])CC1. The first-order valence-corrected chi connectivity index (χ1v) is 8.71. The van der Waals surface area contributed by atoms with Crippen molar-refractivity contribution in [3.8, 4) is 0 Å². The second kappa shape index (κ2) is 7.97. The van der Waals surface area contributed by atoms with Crippen LogP contribution in [0.25, 0.3) is 0 Å². The highest BCUT2D eigenvalue weighted by molar-refractivity contribution is 6.08. The van der Waals surface area contributed by atoms with Gasteiger partial charge in [-0.2, -0.15) is 0 Å². The third-order valence-electron chi connectivity index (χ3n) is 4.66. The molecule has 2 aromatic carbocycles. The number of benzene rings is 2. The average molecular weight is 354 g/mol. The number of para-hydroxylation sites is 3. The van der Waals surface area contributed by atoms with Crippen molar-refractivity contribution >= 4 is 23.0 Å². The van der Waals surface area contributed by atoms with Gasteiger partial charge in [0.25, 0.3) is 11.6 Å². The van der Waals surface area contributed by atoms with Gasteiger partial charge in [-0.3, -0.25) is 14.9 Å². The third-order valence-corrected chi connectivity index (χ3v) is 4.66. The fourth-order valence-corrected chi connectivity index (χ4v) is 3.17. The lowest BCUT2D eigenvalue weighted by molar-refractivity contribution is -0.385. The number of amides is 1. The number of carbonyl (C=O) groups is 1. The maximum Gasteiger partial charge on any atom is 0.282 e. The minimum atomic E-state index is -0.537. The van der Waals surface area contributed by atoms with Gasteiger partial charge in [-0.05, 0) is 24.7 Å². The number of hydrogen-bond donors (Lipinski definition) is 1. The van der Waals surface area contributed by atoms with Crippen LogP contribution in [-0.4, -0.2) is 48.5 Å². The quantitative estimate of drug-likeness (QED) is 0.660. The van der Waals surface area contributed by atoms with Gasteiger partial charge in [0.15, 0.2) is 0 Å². The van der Waals surface area contributed by atoms with Crippen molar-refractivity contribution in [2.24, 2.45) is 0 Å². The van der Waals surface area contributed by atoms with Gasteiger partial charge in [-0.15, -0.1) is 0 Å². The Balaban J connectivity index is 1.81. The first-order valence-electron chi connectivity index (χ1n) is 8.71. The van der Waals surface area contributed by atoms with Crippen molar-refractivity contribution in [3.63, 3.8) is 0 Å². The summed E-state index contributed by atoms with van der Waals surface area (Å²) in [4.78, 5) is 27.9. The van der Waals surface area contributed by atoms with Crippen LogP contribution in [0.3, 0.4) is 0 Å². The van der Waals surface area contributed by atoms with Gasteiger partial charge in [-0.25, -0.2) is 0 Å². The average Bonchev–Trinajstić information content (AvgIpc) is 2.68. The number of rotatable bonds is 5. The lowest BCUT2D eigenvalue weighted by atomic mass is 10.1. The van der Waals surface area contributed by atoms with E-state index in [4.69, 9.17) is 0 Å². The molecule has 1 aliphatic heterocycles. The Morgan fingerprint density at radius 3 is 2.42 bits per heavy atom. The molecule has 1 saturated heterocycles. The summed E-state index contributed by atoms with van der Waals surface area (Å²) in [6.07, 6.45) is 0. The molecule has 1 amide bonds. The van der Waals surface area contributed by atoms with Gasteiger partial charge in [0, 0.05) is 32.2 Å². The number of carbonyl (C=O) groups excluding carboxylic acids is 1. The van der Waals surface area contributed by atoms with E-state index >= 15 is 0 Å². The summed E-state index contributed by atoms with van der Waals surface area (Å²) >= 11 is 0. The van der Waals surface area contributed by atoms with Gasteiger partial charge in [-0.1, -0.05) is 31.2 Å². The fraction of sp³-hybridized carbons (Fsp3) is 0.316. The van der Waals surface area contributed by atoms with Crippen LogP contribution in [0.5, 0.6) is 0 Å². The van der Waals surface area contributed by atoms with Crippen molar-refractivity contribution in [3.05, 3.63) is 64.2 Å². The molecule has 0 radical (unpaired) electrons. The highest BCUT2D eigenvalue weighted by Crippen LogP contribution is 2.28. The Labute approximate surface area is 152 Å². The van der Waals surface area contributed by atoms with Crippen LogP contribution in [0.4, 0.5) is 17.1 Å². The van der Waals surface area contributed by atoms with Gasteiger partial charge < -0.3 is 15.1 Å². The van der Waals surface area contributed by atoms with E-state index < -0.39 is 10.8 Å². The summed E-state index contributed by atoms with van der Waals surface area (Å²) in [5.41, 5.74) is 1.47. The van der Waals surface area contributed by atoms with Crippen molar-refractivity contribution < 1.29 is 9.72 Å². The zero-order chi connectivity index (χ0) is 18.5. The fourth-order valence-electron chi connectivity index (χ4n) is 3.17. The van der Waals surface area contributed by atoms with Gasteiger partial charge in [0.1, 0.15) is 5.56 Å². The summed E-state index contributed by atoms with van der Waals surface area (Å²) in [6, 6.07) is 13.6. The van der Waals surface area contributed by atoms with Crippen molar-refractivity contribution in [1.82, 2.24) is 4.90 Å². The van der Waals surface area contributed by atoms with E-state index in [0.717, 1.165) is 38.4 Å². The molecule has 3 rings (SSSR count). The zero-order valence-electron chi connectivity index (χ0n) is 14.7. The molecule has 0 aromatic heterocycles. The molecular weight excluding hydrogens is 332 g/mol. The molecule has 2 aromatic rings. The van der Waals surface area contributed by atoms with E-state index in [-0.39, 0.29) is 11.3 Å². The van der Waals surface area contributed by atoms with Crippen LogP contribution in [0.1, 0.15) is 17.3 Å². The number of nitro benzene ring substituents is 1. The molecule has 7 nitrogen and oxygen atoms in total. The molecular formula is C19H22N4O3. The maximum absolute atomic E-state index is 12.6. The second-order valence-electron chi connectivity index (χ2n) is 6.17. The standard InChI is InChI=1S/C19H22N4O3/c1-2-21-11-13-22(14-12-21)18-10-6-4-8-16(18)20-19(24)15-7-3-5-9-17(15)23(25)26/h3-10H,2,11-14H2,1H3,(H,20,24). The predicted molar refractivity (Wildman–Crippen MR) is 102 cm³/mol. The molecule has 1 heterocycles. The third kappa shape index (κ3) is 3.83. The Morgan fingerprint density at radius 2 is 1.73 bits per heavy atom. The van der Waals surface area contributed by atoms with E-state index in [9.17, 15) is 14.9 Å². The maximum atomic E-state index is 12.6. The van der Waals surface area contributed by atoms with E-state index in [1.165, 1.54) is 12.1 Å². The molecule has 0 saturated carbocycles. The molecule has 0 spiro atoms. The largest absolute Gasteiger partial charge is 0.367 e. The van der Waals surface area contributed by atoms with Gasteiger partial charge in [0.2, 0.25) is 0 Å². The highest BCUT2D eigenvalue weighted by atomic mass is 16.6. The van der Waals surface area contributed by atoms with Crippen LogP contribution in [0.2, 0.25) is 0 Å². The Bertz CT molecular complexity index is 801. The predicted octanol–water partition coefficient (Wildman–Crippen LogP) is 2.99. The van der Waals surface area contributed by atoms with Gasteiger partial charge >= 0.3 is 0 Å². The number of hydrogen-bond acceptors (Lipinski definition) is 5. The summed E-state index contributed by atoms with van der Waals surface area (Å²) in [6.45, 7) is 6.89.